The van der Waals surface area contributed by atoms with Crippen molar-refractivity contribution in [2.24, 2.45) is 11.3 Å². The van der Waals surface area contributed by atoms with Crippen LogP contribution in [0, 0.1) is 11.3 Å². The van der Waals surface area contributed by atoms with Gasteiger partial charge in [0.05, 0.1) is 16.8 Å². The SMILES string of the molecule is CCCc1cccc(-c2cc(NC(=O)C34CNCC3C4)nn2-c2ccccc2)c1. The van der Waals surface area contributed by atoms with E-state index in [1.165, 1.54) is 5.56 Å². The second kappa shape index (κ2) is 7.16. The molecule has 2 aliphatic rings. The number of rotatable bonds is 6. The number of piperidine rings is 1. The Hall–Kier alpha value is -2.92. The molecule has 1 aromatic heterocycles. The maximum Gasteiger partial charge on any atom is 0.233 e. The molecule has 2 aromatic carbocycles. The van der Waals surface area contributed by atoms with E-state index in [1.54, 1.807) is 0 Å². The van der Waals surface area contributed by atoms with Crippen LogP contribution < -0.4 is 10.6 Å². The fourth-order valence-electron chi connectivity index (χ4n) is 4.52. The van der Waals surface area contributed by atoms with Crippen molar-refractivity contribution in [1.82, 2.24) is 15.1 Å². The van der Waals surface area contributed by atoms with Crippen molar-refractivity contribution in [1.29, 1.82) is 0 Å². The number of hydrogen-bond acceptors (Lipinski definition) is 3. The summed E-state index contributed by atoms with van der Waals surface area (Å²) in [6.07, 6.45) is 3.14. The van der Waals surface area contributed by atoms with Gasteiger partial charge < -0.3 is 10.6 Å². The van der Waals surface area contributed by atoms with Crippen LogP contribution in [0.4, 0.5) is 5.82 Å². The van der Waals surface area contributed by atoms with Crippen molar-refractivity contribution in [3.05, 3.63) is 66.2 Å². The second-order valence-corrected chi connectivity index (χ2v) is 8.25. The highest BCUT2D eigenvalue weighted by atomic mass is 16.2. The van der Waals surface area contributed by atoms with Crippen molar-refractivity contribution in [3.8, 4) is 16.9 Å². The van der Waals surface area contributed by atoms with Crippen LogP contribution in [0.1, 0.15) is 25.3 Å². The summed E-state index contributed by atoms with van der Waals surface area (Å²) in [6, 6.07) is 20.7. The van der Waals surface area contributed by atoms with Crippen LogP contribution in [-0.4, -0.2) is 28.8 Å². The van der Waals surface area contributed by atoms with E-state index in [2.05, 4.69) is 41.8 Å². The van der Waals surface area contributed by atoms with Crippen LogP contribution in [0.25, 0.3) is 16.9 Å². The first-order valence-electron chi connectivity index (χ1n) is 10.5. The number of carbonyl (C=O) groups excluding carboxylic acids is 1. The number of aromatic nitrogens is 2. The standard InChI is InChI=1S/C24H26N4O/c1-2-7-17-8-6-9-18(12-17)21-13-22(27-28(21)20-10-4-3-5-11-20)26-23(29)24-14-19(24)15-25-16-24/h3-6,8-13,19,25H,2,7,14-16H2,1H3,(H,26,27,29). The summed E-state index contributed by atoms with van der Waals surface area (Å²) >= 11 is 0. The molecule has 2 heterocycles. The van der Waals surface area contributed by atoms with Crippen molar-refractivity contribution >= 4 is 11.7 Å². The number of anilines is 1. The Bertz CT molecular complexity index is 1040. The van der Waals surface area contributed by atoms with Crippen molar-refractivity contribution < 1.29 is 4.79 Å². The van der Waals surface area contributed by atoms with Gasteiger partial charge in [-0.1, -0.05) is 49.7 Å². The minimum Gasteiger partial charge on any atom is -0.315 e. The number of fused-ring (bicyclic) bond motifs is 1. The second-order valence-electron chi connectivity index (χ2n) is 8.25. The Morgan fingerprint density at radius 2 is 2.07 bits per heavy atom. The average Bonchev–Trinajstić information content (AvgIpc) is 3.09. The largest absolute Gasteiger partial charge is 0.315 e. The number of amides is 1. The molecule has 0 radical (unpaired) electrons. The van der Waals surface area contributed by atoms with Crippen LogP contribution in [0.15, 0.2) is 60.7 Å². The molecule has 2 N–H and O–H groups in total. The van der Waals surface area contributed by atoms with Gasteiger partial charge in [0.25, 0.3) is 0 Å². The predicted octanol–water partition coefficient (Wildman–Crippen LogP) is 4.04. The Labute approximate surface area is 171 Å². The van der Waals surface area contributed by atoms with E-state index in [1.807, 2.05) is 41.1 Å². The molecule has 2 atom stereocenters. The number of para-hydroxylation sites is 1. The van der Waals surface area contributed by atoms with Gasteiger partial charge in [0.2, 0.25) is 5.91 Å². The zero-order chi connectivity index (χ0) is 19.8. The topological polar surface area (TPSA) is 59.0 Å². The van der Waals surface area contributed by atoms with E-state index in [0.29, 0.717) is 11.7 Å². The number of nitrogens with one attached hydrogen (secondary N) is 2. The molecule has 148 valence electrons. The molecule has 5 heteroatoms. The van der Waals surface area contributed by atoms with Gasteiger partial charge in [-0.05, 0) is 49.1 Å². The molecule has 0 spiro atoms. The molecular weight excluding hydrogens is 360 g/mol. The third kappa shape index (κ3) is 3.25. The molecule has 1 aliphatic heterocycles. The summed E-state index contributed by atoms with van der Waals surface area (Å²) in [5, 5.41) is 11.2. The molecule has 0 bridgehead atoms. The summed E-state index contributed by atoms with van der Waals surface area (Å²) in [5.74, 6) is 1.18. The first-order valence-corrected chi connectivity index (χ1v) is 10.5. The minimum absolute atomic E-state index is 0.0940. The van der Waals surface area contributed by atoms with Crippen LogP contribution in [0.2, 0.25) is 0 Å². The summed E-state index contributed by atoms with van der Waals surface area (Å²) in [4.78, 5) is 12.9. The van der Waals surface area contributed by atoms with E-state index in [0.717, 1.165) is 49.3 Å². The fourth-order valence-corrected chi connectivity index (χ4v) is 4.52. The van der Waals surface area contributed by atoms with Crippen molar-refractivity contribution in [2.45, 2.75) is 26.2 Å². The Morgan fingerprint density at radius 3 is 2.79 bits per heavy atom. The molecule has 2 fully saturated rings. The van der Waals surface area contributed by atoms with Gasteiger partial charge in [-0.15, -0.1) is 5.10 Å². The molecule has 1 saturated heterocycles. The molecule has 5 nitrogen and oxygen atoms in total. The van der Waals surface area contributed by atoms with Crippen molar-refractivity contribution in [3.63, 3.8) is 0 Å². The molecule has 3 aromatic rings. The molecular formula is C24H26N4O. The number of nitrogens with zero attached hydrogens (tertiary/aromatic N) is 2. The normalized spacial score (nSPS) is 22.3. The molecule has 1 saturated carbocycles. The number of carbonyl (C=O) groups is 1. The molecule has 5 rings (SSSR count). The maximum atomic E-state index is 12.9. The highest BCUT2D eigenvalue weighted by Crippen LogP contribution is 2.55. The van der Waals surface area contributed by atoms with E-state index >= 15 is 0 Å². The summed E-state index contributed by atoms with van der Waals surface area (Å²) in [7, 11) is 0. The van der Waals surface area contributed by atoms with Gasteiger partial charge in [-0.25, -0.2) is 4.68 Å². The summed E-state index contributed by atoms with van der Waals surface area (Å²) in [6.45, 7) is 3.91. The third-order valence-electron chi connectivity index (χ3n) is 6.23. The summed E-state index contributed by atoms with van der Waals surface area (Å²) in [5.41, 5.74) is 4.16. The number of aryl methyl sites for hydroxylation is 1. The third-order valence-corrected chi connectivity index (χ3v) is 6.23. The first-order chi connectivity index (χ1) is 14.2. The van der Waals surface area contributed by atoms with Crippen LogP contribution in [0.3, 0.4) is 0 Å². The fraction of sp³-hybridized carbons (Fsp3) is 0.333. The van der Waals surface area contributed by atoms with E-state index in [4.69, 9.17) is 5.10 Å². The molecule has 1 aliphatic carbocycles. The van der Waals surface area contributed by atoms with Gasteiger partial charge in [0, 0.05) is 18.2 Å². The van der Waals surface area contributed by atoms with Crippen LogP contribution in [-0.2, 0) is 11.2 Å². The quantitative estimate of drug-likeness (QED) is 0.672. The zero-order valence-corrected chi connectivity index (χ0v) is 16.7. The van der Waals surface area contributed by atoms with Gasteiger partial charge in [-0.3, -0.25) is 4.79 Å². The Balaban J connectivity index is 1.51. The monoisotopic (exact) mass is 386 g/mol. The number of benzene rings is 2. The number of hydrogen-bond donors (Lipinski definition) is 2. The van der Waals surface area contributed by atoms with Crippen LogP contribution in [0.5, 0.6) is 0 Å². The van der Waals surface area contributed by atoms with Crippen LogP contribution >= 0.6 is 0 Å². The highest BCUT2D eigenvalue weighted by Gasteiger charge is 2.62. The molecule has 1 amide bonds. The summed E-state index contributed by atoms with van der Waals surface area (Å²) < 4.78 is 1.93. The first kappa shape index (κ1) is 18.1. The van der Waals surface area contributed by atoms with Gasteiger partial charge in [-0.2, -0.15) is 0 Å². The molecule has 29 heavy (non-hydrogen) atoms. The highest BCUT2D eigenvalue weighted by molar-refractivity contribution is 5.98. The van der Waals surface area contributed by atoms with E-state index in [9.17, 15) is 4.79 Å². The lowest BCUT2D eigenvalue weighted by Crippen LogP contribution is -2.29. The zero-order valence-electron chi connectivity index (χ0n) is 16.7. The van der Waals surface area contributed by atoms with E-state index < -0.39 is 0 Å². The maximum absolute atomic E-state index is 12.9. The Kier molecular flexibility index (Phi) is 4.47. The Morgan fingerprint density at radius 1 is 1.21 bits per heavy atom. The van der Waals surface area contributed by atoms with E-state index in [-0.39, 0.29) is 11.3 Å². The lowest BCUT2D eigenvalue weighted by atomic mass is 10.0. The van der Waals surface area contributed by atoms with Gasteiger partial charge >= 0.3 is 0 Å². The van der Waals surface area contributed by atoms with Crippen molar-refractivity contribution in [2.75, 3.05) is 18.4 Å². The smallest absolute Gasteiger partial charge is 0.233 e. The lowest BCUT2D eigenvalue weighted by Gasteiger charge is -2.10. The average molecular weight is 386 g/mol. The predicted molar refractivity (Wildman–Crippen MR) is 115 cm³/mol. The minimum atomic E-state index is -0.224. The molecule has 2 unspecified atom stereocenters. The van der Waals surface area contributed by atoms with Gasteiger partial charge in [0.15, 0.2) is 5.82 Å². The lowest BCUT2D eigenvalue weighted by molar-refractivity contribution is -0.120. The van der Waals surface area contributed by atoms with Gasteiger partial charge in [0.1, 0.15) is 0 Å².